The van der Waals surface area contributed by atoms with Gasteiger partial charge in [0.05, 0.1) is 11.0 Å². The summed E-state index contributed by atoms with van der Waals surface area (Å²) in [5.74, 6) is 1.06. The molecule has 0 spiro atoms. The predicted octanol–water partition coefficient (Wildman–Crippen LogP) is 3.69. The van der Waals surface area contributed by atoms with Gasteiger partial charge in [0.25, 0.3) is 0 Å². The van der Waals surface area contributed by atoms with E-state index in [1.54, 1.807) is 0 Å². The zero-order valence-corrected chi connectivity index (χ0v) is 10.1. The van der Waals surface area contributed by atoms with Crippen molar-refractivity contribution in [2.24, 2.45) is 7.05 Å². The second kappa shape index (κ2) is 5.54. The van der Waals surface area contributed by atoms with Gasteiger partial charge in [0.1, 0.15) is 5.82 Å². The fraction of sp³-hybridized carbons (Fsp3) is 0.462. The fourth-order valence-electron chi connectivity index (χ4n) is 1.27. The molecule has 0 atom stereocenters. The van der Waals surface area contributed by atoms with Crippen LogP contribution < -0.4 is 0 Å². The quantitative estimate of drug-likeness (QED) is 0.692. The number of aromatic nitrogens is 2. The van der Waals surface area contributed by atoms with E-state index in [0.29, 0.717) is 0 Å². The summed E-state index contributed by atoms with van der Waals surface area (Å²) >= 11 is 0. The minimum atomic E-state index is 1.06. The Hall–Kier alpha value is -1.31. The summed E-state index contributed by atoms with van der Waals surface area (Å²) in [5, 5.41) is 0. The Morgan fingerprint density at radius 3 is 2.27 bits per heavy atom. The molecule has 2 rings (SSSR count). The summed E-state index contributed by atoms with van der Waals surface area (Å²) < 4.78 is 2.09. The van der Waals surface area contributed by atoms with Crippen molar-refractivity contribution in [2.75, 3.05) is 0 Å². The van der Waals surface area contributed by atoms with Crippen molar-refractivity contribution in [2.45, 2.75) is 33.6 Å². The van der Waals surface area contributed by atoms with Gasteiger partial charge in [-0.2, -0.15) is 0 Å². The van der Waals surface area contributed by atoms with E-state index in [4.69, 9.17) is 0 Å². The number of nitrogens with zero attached hydrogens (tertiary/aromatic N) is 2. The number of hydrogen-bond acceptors (Lipinski definition) is 1. The molecule has 1 aromatic heterocycles. The van der Waals surface area contributed by atoms with Gasteiger partial charge in [-0.3, -0.25) is 0 Å². The minimum Gasteiger partial charge on any atom is -0.331 e. The minimum absolute atomic E-state index is 1.06. The van der Waals surface area contributed by atoms with Crippen LogP contribution in [0.5, 0.6) is 0 Å². The van der Waals surface area contributed by atoms with E-state index in [1.165, 1.54) is 18.4 Å². The van der Waals surface area contributed by atoms with Gasteiger partial charge in [0, 0.05) is 7.05 Å². The largest absolute Gasteiger partial charge is 0.331 e. The summed E-state index contributed by atoms with van der Waals surface area (Å²) in [5.41, 5.74) is 2.28. The first-order chi connectivity index (χ1) is 7.20. The highest BCUT2D eigenvalue weighted by atomic mass is 15.0. The molecule has 0 radical (unpaired) electrons. The van der Waals surface area contributed by atoms with Crippen LogP contribution in [0.15, 0.2) is 24.3 Å². The van der Waals surface area contributed by atoms with Crippen LogP contribution in [0.3, 0.4) is 0 Å². The number of rotatable bonds is 1. The van der Waals surface area contributed by atoms with Crippen LogP contribution in [0.2, 0.25) is 0 Å². The number of aryl methyl sites for hydroxylation is 2. The number of imidazole rings is 1. The zero-order valence-electron chi connectivity index (χ0n) is 10.1. The van der Waals surface area contributed by atoms with Gasteiger partial charge in [0.2, 0.25) is 0 Å². The standard InChI is InChI=1S/C9H10N2.C4H10/c1-7-10-8-5-3-4-6-9(8)11(7)2;1-3-4-2/h3-6H,1-2H3;3-4H2,1-2H3. The maximum absolute atomic E-state index is 4.38. The lowest BCUT2D eigenvalue weighted by atomic mass is 10.3. The lowest BCUT2D eigenvalue weighted by molar-refractivity contribution is 0.886. The second-order valence-corrected chi connectivity index (χ2v) is 3.71. The highest BCUT2D eigenvalue weighted by molar-refractivity contribution is 5.75. The van der Waals surface area contributed by atoms with Gasteiger partial charge in [-0.25, -0.2) is 4.98 Å². The zero-order chi connectivity index (χ0) is 11.3. The molecule has 0 aliphatic carbocycles. The van der Waals surface area contributed by atoms with Gasteiger partial charge >= 0.3 is 0 Å². The van der Waals surface area contributed by atoms with E-state index >= 15 is 0 Å². The van der Waals surface area contributed by atoms with Crippen LogP contribution in [-0.2, 0) is 7.05 Å². The molecule has 2 aromatic rings. The first kappa shape index (κ1) is 11.8. The Bertz CT molecular complexity index is 413. The Balaban J connectivity index is 0.000000245. The molecule has 0 saturated carbocycles. The Kier molecular flexibility index (Phi) is 4.35. The number of fused-ring (bicyclic) bond motifs is 1. The molecule has 1 heterocycles. The van der Waals surface area contributed by atoms with Gasteiger partial charge < -0.3 is 4.57 Å². The molecule has 2 heteroatoms. The van der Waals surface area contributed by atoms with Gasteiger partial charge in [0.15, 0.2) is 0 Å². The van der Waals surface area contributed by atoms with Crippen molar-refractivity contribution >= 4 is 11.0 Å². The highest BCUT2D eigenvalue weighted by Crippen LogP contribution is 2.12. The molecule has 0 aliphatic heterocycles. The van der Waals surface area contributed by atoms with E-state index in [0.717, 1.165) is 11.3 Å². The summed E-state index contributed by atoms with van der Waals surface area (Å²) in [7, 11) is 2.03. The number of unbranched alkanes of at least 4 members (excludes halogenated alkanes) is 1. The number of benzene rings is 1. The summed E-state index contributed by atoms with van der Waals surface area (Å²) in [6.45, 7) is 6.38. The molecule has 1 aromatic carbocycles. The van der Waals surface area contributed by atoms with E-state index in [-0.39, 0.29) is 0 Å². The lowest BCUT2D eigenvalue weighted by Crippen LogP contribution is -1.89. The summed E-state index contributed by atoms with van der Waals surface area (Å²) in [4.78, 5) is 4.38. The third-order valence-corrected chi connectivity index (χ3v) is 2.51. The van der Waals surface area contributed by atoms with E-state index in [2.05, 4.69) is 29.5 Å². The average molecular weight is 204 g/mol. The van der Waals surface area contributed by atoms with Gasteiger partial charge in [-0.05, 0) is 19.1 Å². The second-order valence-electron chi connectivity index (χ2n) is 3.71. The molecule has 0 amide bonds. The maximum Gasteiger partial charge on any atom is 0.106 e. The maximum atomic E-state index is 4.38. The van der Waals surface area contributed by atoms with Crippen LogP contribution in [0.4, 0.5) is 0 Å². The van der Waals surface area contributed by atoms with Crippen molar-refractivity contribution in [1.82, 2.24) is 9.55 Å². The molecule has 82 valence electrons. The number of para-hydroxylation sites is 2. The highest BCUT2D eigenvalue weighted by Gasteiger charge is 2.00. The fourth-order valence-corrected chi connectivity index (χ4v) is 1.27. The third-order valence-electron chi connectivity index (χ3n) is 2.51. The molecule has 15 heavy (non-hydrogen) atoms. The Morgan fingerprint density at radius 2 is 1.73 bits per heavy atom. The molecule has 2 nitrogen and oxygen atoms in total. The lowest BCUT2D eigenvalue weighted by Gasteiger charge is -1.93. The normalized spacial score (nSPS) is 9.87. The van der Waals surface area contributed by atoms with E-state index in [9.17, 15) is 0 Å². The molecule has 0 unspecified atom stereocenters. The van der Waals surface area contributed by atoms with Crippen molar-refractivity contribution in [3.63, 3.8) is 0 Å². The van der Waals surface area contributed by atoms with Crippen molar-refractivity contribution in [3.8, 4) is 0 Å². The molecule has 0 fully saturated rings. The average Bonchev–Trinajstić information content (AvgIpc) is 2.56. The number of hydrogen-bond donors (Lipinski definition) is 0. The van der Waals surface area contributed by atoms with Crippen molar-refractivity contribution in [1.29, 1.82) is 0 Å². The van der Waals surface area contributed by atoms with Crippen LogP contribution in [0.1, 0.15) is 32.5 Å². The van der Waals surface area contributed by atoms with Crippen molar-refractivity contribution in [3.05, 3.63) is 30.1 Å². The SMILES string of the molecule is CCCC.Cc1nc2ccccc2n1C. The van der Waals surface area contributed by atoms with Gasteiger partial charge in [-0.15, -0.1) is 0 Å². The van der Waals surface area contributed by atoms with Crippen LogP contribution >= 0.6 is 0 Å². The predicted molar refractivity (Wildman–Crippen MR) is 66.0 cm³/mol. The van der Waals surface area contributed by atoms with Crippen LogP contribution in [-0.4, -0.2) is 9.55 Å². The summed E-state index contributed by atoms with van der Waals surface area (Å²) in [6, 6.07) is 8.15. The molecule has 0 aliphatic rings. The van der Waals surface area contributed by atoms with Gasteiger partial charge in [-0.1, -0.05) is 38.8 Å². The monoisotopic (exact) mass is 204 g/mol. The molecular formula is C13H20N2. The smallest absolute Gasteiger partial charge is 0.106 e. The molecular weight excluding hydrogens is 184 g/mol. The summed E-state index contributed by atoms with van der Waals surface area (Å²) in [6.07, 6.45) is 2.64. The van der Waals surface area contributed by atoms with Crippen molar-refractivity contribution < 1.29 is 0 Å². The third kappa shape index (κ3) is 2.82. The van der Waals surface area contributed by atoms with Crippen LogP contribution in [0.25, 0.3) is 11.0 Å². The van der Waals surface area contributed by atoms with E-state index in [1.807, 2.05) is 32.2 Å². The Labute approximate surface area is 91.9 Å². The molecule has 0 bridgehead atoms. The van der Waals surface area contributed by atoms with E-state index < -0.39 is 0 Å². The Morgan fingerprint density at radius 1 is 1.13 bits per heavy atom. The van der Waals surface area contributed by atoms with Crippen LogP contribution in [0, 0.1) is 6.92 Å². The molecule has 0 saturated heterocycles. The topological polar surface area (TPSA) is 17.8 Å². The first-order valence-electron chi connectivity index (χ1n) is 5.58. The molecule has 0 N–H and O–H groups in total. The first-order valence-corrected chi connectivity index (χ1v) is 5.58.